The van der Waals surface area contributed by atoms with Gasteiger partial charge < -0.3 is 9.84 Å². The summed E-state index contributed by atoms with van der Waals surface area (Å²) < 4.78 is 32.4. The molecule has 4 heteroatoms. The van der Waals surface area contributed by atoms with E-state index in [-0.39, 0.29) is 11.3 Å². The van der Waals surface area contributed by atoms with Crippen LogP contribution < -0.4 is 4.74 Å². The summed E-state index contributed by atoms with van der Waals surface area (Å²) >= 11 is 0. The van der Waals surface area contributed by atoms with Crippen LogP contribution in [-0.4, -0.2) is 12.2 Å². The molecule has 100 valence electrons. The van der Waals surface area contributed by atoms with Crippen LogP contribution in [0.1, 0.15) is 23.4 Å². The van der Waals surface area contributed by atoms with E-state index >= 15 is 0 Å². The Kier molecular flexibility index (Phi) is 4.12. The lowest BCUT2D eigenvalue weighted by molar-refractivity contribution is 0.0771. The van der Waals surface area contributed by atoms with E-state index in [1.807, 2.05) is 0 Å². The summed E-state index contributed by atoms with van der Waals surface area (Å²) in [6.07, 6.45) is -3.02. The third-order valence-electron chi connectivity index (χ3n) is 2.91. The molecule has 0 bridgehead atoms. The van der Waals surface area contributed by atoms with Gasteiger partial charge in [0.1, 0.15) is 6.10 Å². The van der Waals surface area contributed by atoms with Crippen molar-refractivity contribution < 1.29 is 18.6 Å². The van der Waals surface area contributed by atoms with Crippen molar-refractivity contribution in [1.29, 1.82) is 0 Å². The van der Waals surface area contributed by atoms with Crippen LogP contribution in [0.5, 0.6) is 5.75 Å². The van der Waals surface area contributed by atoms with Gasteiger partial charge in [0.15, 0.2) is 17.7 Å². The molecule has 0 fully saturated rings. The fourth-order valence-electron chi connectivity index (χ4n) is 1.85. The molecule has 2 atom stereocenters. The molecule has 0 aliphatic rings. The number of halogens is 2. The Morgan fingerprint density at radius 1 is 1.05 bits per heavy atom. The molecule has 1 N–H and O–H groups in total. The molecule has 19 heavy (non-hydrogen) atoms. The smallest absolute Gasteiger partial charge is 0.165 e. The fraction of sp³-hybridized carbons (Fsp3) is 0.200. The summed E-state index contributed by atoms with van der Waals surface area (Å²) in [4.78, 5) is 0. The molecule has 2 aromatic carbocycles. The van der Waals surface area contributed by atoms with E-state index in [0.29, 0.717) is 5.56 Å². The SMILES string of the molecule is COc1ccc([C@@H](O)[C@H](F)c2ccccc2)cc1F. The van der Waals surface area contributed by atoms with Crippen LogP contribution in [0.4, 0.5) is 8.78 Å². The number of rotatable bonds is 4. The fourth-order valence-corrected chi connectivity index (χ4v) is 1.85. The van der Waals surface area contributed by atoms with E-state index in [2.05, 4.69) is 0 Å². The Labute approximate surface area is 110 Å². The van der Waals surface area contributed by atoms with Gasteiger partial charge in [0.2, 0.25) is 0 Å². The largest absolute Gasteiger partial charge is 0.494 e. The first-order chi connectivity index (χ1) is 9.13. The highest BCUT2D eigenvalue weighted by molar-refractivity contribution is 5.32. The summed E-state index contributed by atoms with van der Waals surface area (Å²) in [7, 11) is 1.34. The number of hydrogen-bond donors (Lipinski definition) is 1. The number of aliphatic hydroxyl groups is 1. The predicted octanol–water partition coefficient (Wildman–Crippen LogP) is 3.58. The first-order valence-corrected chi connectivity index (χ1v) is 5.84. The van der Waals surface area contributed by atoms with Crippen molar-refractivity contribution in [3.63, 3.8) is 0 Å². The topological polar surface area (TPSA) is 29.5 Å². The van der Waals surface area contributed by atoms with Gasteiger partial charge in [0, 0.05) is 0 Å². The van der Waals surface area contributed by atoms with Gasteiger partial charge in [-0.3, -0.25) is 0 Å². The van der Waals surface area contributed by atoms with Crippen molar-refractivity contribution in [1.82, 2.24) is 0 Å². The molecule has 0 saturated heterocycles. The third kappa shape index (κ3) is 2.90. The maximum absolute atomic E-state index is 14.1. The average Bonchev–Trinajstić information content (AvgIpc) is 2.46. The molecule has 0 amide bonds. The quantitative estimate of drug-likeness (QED) is 0.914. The first kappa shape index (κ1) is 13.5. The average molecular weight is 264 g/mol. The Morgan fingerprint density at radius 2 is 1.74 bits per heavy atom. The Balaban J connectivity index is 2.24. The summed E-state index contributed by atoms with van der Waals surface area (Å²) in [5, 5.41) is 9.95. The monoisotopic (exact) mass is 264 g/mol. The van der Waals surface area contributed by atoms with Gasteiger partial charge in [-0.2, -0.15) is 0 Å². The molecule has 0 heterocycles. The van der Waals surface area contributed by atoms with Gasteiger partial charge in [0.25, 0.3) is 0 Å². The van der Waals surface area contributed by atoms with E-state index < -0.39 is 18.1 Å². The second-order valence-corrected chi connectivity index (χ2v) is 4.15. The molecule has 0 aliphatic heterocycles. The van der Waals surface area contributed by atoms with Gasteiger partial charge in [-0.15, -0.1) is 0 Å². The number of benzene rings is 2. The summed E-state index contributed by atoms with van der Waals surface area (Å²) in [6, 6.07) is 12.2. The van der Waals surface area contributed by atoms with Crippen LogP contribution in [-0.2, 0) is 0 Å². The number of aliphatic hydroxyl groups excluding tert-OH is 1. The van der Waals surface area contributed by atoms with E-state index in [4.69, 9.17) is 4.74 Å². The zero-order valence-corrected chi connectivity index (χ0v) is 10.4. The minimum Gasteiger partial charge on any atom is -0.494 e. The van der Waals surface area contributed by atoms with E-state index in [0.717, 1.165) is 6.07 Å². The summed E-state index contributed by atoms with van der Waals surface area (Å²) in [5.74, 6) is -0.564. The number of alkyl halides is 1. The summed E-state index contributed by atoms with van der Waals surface area (Å²) in [5.41, 5.74) is 0.529. The van der Waals surface area contributed by atoms with Crippen LogP contribution in [0, 0.1) is 5.82 Å². The summed E-state index contributed by atoms with van der Waals surface area (Å²) in [6.45, 7) is 0. The normalized spacial score (nSPS) is 13.9. The van der Waals surface area contributed by atoms with Crippen LogP contribution >= 0.6 is 0 Å². The number of hydrogen-bond acceptors (Lipinski definition) is 2. The Hall–Kier alpha value is -1.94. The van der Waals surface area contributed by atoms with Gasteiger partial charge in [-0.05, 0) is 23.3 Å². The maximum Gasteiger partial charge on any atom is 0.165 e. The second-order valence-electron chi connectivity index (χ2n) is 4.15. The van der Waals surface area contributed by atoms with Crippen molar-refractivity contribution in [2.24, 2.45) is 0 Å². The molecule has 0 aromatic heterocycles. The van der Waals surface area contributed by atoms with Crippen molar-refractivity contribution >= 4 is 0 Å². The zero-order valence-electron chi connectivity index (χ0n) is 10.4. The molecule has 2 nitrogen and oxygen atoms in total. The van der Waals surface area contributed by atoms with Gasteiger partial charge in [-0.25, -0.2) is 8.78 Å². The number of methoxy groups -OCH3 is 1. The van der Waals surface area contributed by atoms with E-state index in [9.17, 15) is 13.9 Å². The predicted molar refractivity (Wildman–Crippen MR) is 68.2 cm³/mol. The van der Waals surface area contributed by atoms with Crippen LogP contribution in [0.3, 0.4) is 0 Å². The number of ether oxygens (including phenoxy) is 1. The van der Waals surface area contributed by atoms with Gasteiger partial charge >= 0.3 is 0 Å². The maximum atomic E-state index is 14.1. The first-order valence-electron chi connectivity index (χ1n) is 5.84. The van der Waals surface area contributed by atoms with E-state index in [1.165, 1.54) is 19.2 Å². The third-order valence-corrected chi connectivity index (χ3v) is 2.91. The second kappa shape index (κ2) is 5.80. The Morgan fingerprint density at radius 3 is 2.32 bits per heavy atom. The zero-order chi connectivity index (χ0) is 13.8. The van der Waals surface area contributed by atoms with Crippen LogP contribution in [0.25, 0.3) is 0 Å². The highest BCUT2D eigenvalue weighted by atomic mass is 19.1. The highest BCUT2D eigenvalue weighted by Gasteiger charge is 2.23. The molecule has 0 radical (unpaired) electrons. The van der Waals surface area contributed by atoms with Crippen molar-refractivity contribution in [3.8, 4) is 5.75 Å². The standard InChI is InChI=1S/C15H14F2O2/c1-19-13-8-7-11(9-12(13)16)15(18)14(17)10-5-3-2-4-6-10/h2-9,14-15,18H,1H3/t14-,15-/m1/s1. The van der Waals surface area contributed by atoms with Gasteiger partial charge in [-0.1, -0.05) is 36.4 Å². The molecule has 0 unspecified atom stereocenters. The van der Waals surface area contributed by atoms with Crippen molar-refractivity contribution in [2.45, 2.75) is 12.3 Å². The van der Waals surface area contributed by atoms with Gasteiger partial charge in [0.05, 0.1) is 7.11 Å². The lowest BCUT2D eigenvalue weighted by Crippen LogP contribution is -2.07. The molecular weight excluding hydrogens is 250 g/mol. The lowest BCUT2D eigenvalue weighted by Gasteiger charge is -2.17. The molecular formula is C15H14F2O2. The van der Waals surface area contributed by atoms with Crippen molar-refractivity contribution in [2.75, 3.05) is 7.11 Å². The van der Waals surface area contributed by atoms with Crippen LogP contribution in [0.15, 0.2) is 48.5 Å². The van der Waals surface area contributed by atoms with Crippen molar-refractivity contribution in [3.05, 3.63) is 65.5 Å². The Bertz CT molecular complexity index is 543. The molecule has 0 spiro atoms. The minimum atomic E-state index is -1.60. The molecule has 2 aromatic rings. The van der Waals surface area contributed by atoms with E-state index in [1.54, 1.807) is 30.3 Å². The lowest BCUT2D eigenvalue weighted by atomic mass is 9.99. The molecule has 0 saturated carbocycles. The highest BCUT2D eigenvalue weighted by Crippen LogP contribution is 2.33. The van der Waals surface area contributed by atoms with Crippen LogP contribution in [0.2, 0.25) is 0 Å². The molecule has 0 aliphatic carbocycles. The molecule has 2 rings (SSSR count). The minimum absolute atomic E-state index is 0.0612.